The molecule has 2 heteroatoms. The third-order valence-corrected chi connectivity index (χ3v) is 5.97. The lowest BCUT2D eigenvalue weighted by Crippen LogP contribution is -2.47. The average Bonchev–Trinajstić information content (AvgIpc) is 3.40. The number of rotatable bonds is 4. The van der Waals surface area contributed by atoms with E-state index >= 15 is 0 Å². The molecule has 24 heavy (non-hydrogen) atoms. The van der Waals surface area contributed by atoms with E-state index in [1.54, 1.807) is 5.57 Å². The molecule has 0 unspecified atom stereocenters. The molecule has 0 amide bonds. The Morgan fingerprint density at radius 1 is 0.875 bits per heavy atom. The zero-order chi connectivity index (χ0) is 16.2. The first kappa shape index (κ1) is 16.2. The Morgan fingerprint density at radius 3 is 2.50 bits per heavy atom. The highest BCUT2D eigenvalue weighted by Gasteiger charge is 2.27. The van der Waals surface area contributed by atoms with E-state index in [0.717, 1.165) is 5.92 Å². The largest absolute Gasteiger partial charge is 0.368 e. The lowest BCUT2D eigenvalue weighted by Gasteiger charge is -2.37. The van der Waals surface area contributed by atoms with Crippen LogP contribution in [0.1, 0.15) is 56.9 Å². The standard InChI is InChI=1S/C22H32N2/c1-2-4-8-20(9-5-3-1)21-10-6-7-11-22(21)24-16-14-23(15-17-24)18-19-12-13-19/h6-8,10-11,19H,1-5,9,12-18H2/b20-8+. The minimum absolute atomic E-state index is 1.02. The molecule has 0 N–H and O–H groups in total. The number of para-hydroxylation sites is 1. The van der Waals surface area contributed by atoms with Crippen molar-refractivity contribution in [1.29, 1.82) is 0 Å². The van der Waals surface area contributed by atoms with Gasteiger partial charge in [0.2, 0.25) is 0 Å². The molecule has 0 radical (unpaired) electrons. The maximum Gasteiger partial charge on any atom is 0.0443 e. The molecule has 2 nitrogen and oxygen atoms in total. The number of allylic oxidation sites excluding steroid dienone is 2. The molecule has 1 aromatic carbocycles. The zero-order valence-electron chi connectivity index (χ0n) is 15.1. The fraction of sp³-hybridized carbons (Fsp3) is 0.636. The molecule has 1 heterocycles. The van der Waals surface area contributed by atoms with Crippen molar-refractivity contribution in [3.05, 3.63) is 35.9 Å². The van der Waals surface area contributed by atoms with E-state index in [4.69, 9.17) is 0 Å². The van der Waals surface area contributed by atoms with Gasteiger partial charge in [-0.3, -0.25) is 4.90 Å². The summed E-state index contributed by atoms with van der Waals surface area (Å²) < 4.78 is 0. The van der Waals surface area contributed by atoms with Crippen molar-refractivity contribution in [3.8, 4) is 0 Å². The number of hydrogen-bond donors (Lipinski definition) is 0. The summed E-state index contributed by atoms with van der Waals surface area (Å²) >= 11 is 0. The molecule has 1 aliphatic heterocycles. The van der Waals surface area contributed by atoms with Gasteiger partial charge in [-0.1, -0.05) is 37.1 Å². The molecule has 1 aromatic rings. The lowest BCUT2D eigenvalue weighted by molar-refractivity contribution is 0.248. The Balaban J connectivity index is 1.47. The van der Waals surface area contributed by atoms with Crippen molar-refractivity contribution in [2.24, 2.45) is 5.92 Å². The maximum absolute atomic E-state index is 2.69. The molecule has 0 aromatic heterocycles. The van der Waals surface area contributed by atoms with Gasteiger partial charge in [0.25, 0.3) is 0 Å². The van der Waals surface area contributed by atoms with E-state index in [1.807, 2.05) is 0 Å². The first-order valence-electron chi connectivity index (χ1n) is 10.2. The molecule has 4 rings (SSSR count). The highest BCUT2D eigenvalue weighted by Crippen LogP contribution is 2.34. The molecular formula is C22H32N2. The van der Waals surface area contributed by atoms with Crippen LogP contribution in [-0.2, 0) is 0 Å². The van der Waals surface area contributed by atoms with Gasteiger partial charge >= 0.3 is 0 Å². The van der Waals surface area contributed by atoms with Gasteiger partial charge in [0.1, 0.15) is 0 Å². The van der Waals surface area contributed by atoms with Crippen LogP contribution in [0.2, 0.25) is 0 Å². The van der Waals surface area contributed by atoms with Crippen LogP contribution < -0.4 is 4.90 Å². The van der Waals surface area contributed by atoms with Crippen molar-refractivity contribution in [3.63, 3.8) is 0 Å². The van der Waals surface area contributed by atoms with Gasteiger partial charge in [-0.05, 0) is 56.1 Å². The molecule has 2 aliphatic carbocycles. The summed E-state index contributed by atoms with van der Waals surface area (Å²) in [7, 11) is 0. The lowest BCUT2D eigenvalue weighted by atomic mass is 9.93. The summed E-state index contributed by atoms with van der Waals surface area (Å²) in [6.07, 6.45) is 13.5. The number of anilines is 1. The Labute approximate surface area is 147 Å². The van der Waals surface area contributed by atoms with E-state index < -0.39 is 0 Å². The van der Waals surface area contributed by atoms with Gasteiger partial charge in [-0.25, -0.2) is 0 Å². The van der Waals surface area contributed by atoms with Crippen molar-refractivity contribution >= 4 is 11.3 Å². The van der Waals surface area contributed by atoms with E-state index in [9.17, 15) is 0 Å². The normalized spacial score (nSPS) is 25.7. The number of piperazine rings is 1. The van der Waals surface area contributed by atoms with Crippen LogP contribution >= 0.6 is 0 Å². The van der Waals surface area contributed by atoms with Crippen LogP contribution in [0.15, 0.2) is 30.3 Å². The number of hydrogen-bond acceptors (Lipinski definition) is 2. The first-order chi connectivity index (χ1) is 11.9. The smallest absolute Gasteiger partial charge is 0.0443 e. The molecule has 0 spiro atoms. The number of nitrogens with zero attached hydrogens (tertiary/aromatic N) is 2. The molecule has 1 saturated heterocycles. The van der Waals surface area contributed by atoms with E-state index in [-0.39, 0.29) is 0 Å². The van der Waals surface area contributed by atoms with Gasteiger partial charge in [0, 0.05) is 44.0 Å². The topological polar surface area (TPSA) is 6.48 Å². The van der Waals surface area contributed by atoms with Crippen LogP contribution in [0, 0.1) is 5.92 Å². The zero-order valence-corrected chi connectivity index (χ0v) is 15.1. The van der Waals surface area contributed by atoms with E-state index in [2.05, 4.69) is 40.1 Å². The van der Waals surface area contributed by atoms with Crippen molar-refractivity contribution < 1.29 is 0 Å². The molecule has 1 saturated carbocycles. The predicted octanol–water partition coefficient (Wildman–Crippen LogP) is 4.96. The minimum Gasteiger partial charge on any atom is -0.368 e. The van der Waals surface area contributed by atoms with E-state index in [0.29, 0.717) is 0 Å². The Hall–Kier alpha value is -1.28. The molecule has 0 bridgehead atoms. The molecule has 0 atom stereocenters. The van der Waals surface area contributed by atoms with Crippen LogP contribution in [0.3, 0.4) is 0 Å². The second-order valence-corrected chi connectivity index (χ2v) is 7.93. The van der Waals surface area contributed by atoms with Gasteiger partial charge in [-0.2, -0.15) is 0 Å². The fourth-order valence-electron chi connectivity index (χ4n) is 4.29. The molecule has 3 aliphatic rings. The summed E-state index contributed by atoms with van der Waals surface area (Å²) in [6, 6.07) is 9.16. The summed E-state index contributed by atoms with van der Waals surface area (Å²) in [5.41, 5.74) is 4.59. The summed E-state index contributed by atoms with van der Waals surface area (Å²) in [6.45, 7) is 6.21. The van der Waals surface area contributed by atoms with Crippen LogP contribution in [-0.4, -0.2) is 37.6 Å². The van der Waals surface area contributed by atoms with Crippen molar-refractivity contribution in [2.45, 2.75) is 51.4 Å². The third kappa shape index (κ3) is 4.03. The van der Waals surface area contributed by atoms with E-state index in [1.165, 1.54) is 95.3 Å². The van der Waals surface area contributed by atoms with Crippen LogP contribution in [0.4, 0.5) is 5.69 Å². The predicted molar refractivity (Wildman–Crippen MR) is 103 cm³/mol. The Kier molecular flexibility index (Phi) is 5.22. The molecule has 130 valence electrons. The van der Waals surface area contributed by atoms with Crippen molar-refractivity contribution in [1.82, 2.24) is 4.90 Å². The van der Waals surface area contributed by atoms with Gasteiger partial charge in [0.05, 0.1) is 0 Å². The highest BCUT2D eigenvalue weighted by atomic mass is 15.3. The second-order valence-electron chi connectivity index (χ2n) is 7.93. The summed E-state index contributed by atoms with van der Waals surface area (Å²) in [5, 5.41) is 0. The highest BCUT2D eigenvalue weighted by molar-refractivity contribution is 5.77. The van der Waals surface area contributed by atoms with Crippen LogP contribution in [0.5, 0.6) is 0 Å². The van der Waals surface area contributed by atoms with Gasteiger partial charge in [-0.15, -0.1) is 0 Å². The summed E-state index contributed by atoms with van der Waals surface area (Å²) in [4.78, 5) is 5.32. The monoisotopic (exact) mass is 324 g/mol. The second kappa shape index (κ2) is 7.74. The van der Waals surface area contributed by atoms with Gasteiger partial charge in [0.15, 0.2) is 0 Å². The van der Waals surface area contributed by atoms with Gasteiger partial charge < -0.3 is 4.90 Å². The first-order valence-corrected chi connectivity index (χ1v) is 10.2. The summed E-state index contributed by atoms with van der Waals surface area (Å²) in [5.74, 6) is 1.02. The fourth-order valence-corrected chi connectivity index (χ4v) is 4.29. The van der Waals surface area contributed by atoms with Crippen LogP contribution in [0.25, 0.3) is 5.57 Å². The third-order valence-electron chi connectivity index (χ3n) is 5.97. The average molecular weight is 325 g/mol. The Morgan fingerprint density at radius 2 is 1.67 bits per heavy atom. The molecular weight excluding hydrogens is 292 g/mol. The molecule has 2 fully saturated rings. The Bertz CT molecular complexity index is 565. The quantitative estimate of drug-likeness (QED) is 0.772. The van der Waals surface area contributed by atoms with Crippen molar-refractivity contribution in [2.75, 3.05) is 37.6 Å². The minimum atomic E-state index is 1.02. The SMILES string of the molecule is C1=C(/c2ccccc2N2CCN(CC3CC3)CC2)CCCCCC/1. The maximum atomic E-state index is 2.69. The number of benzene rings is 1.